The molecule has 0 spiro atoms. The van der Waals surface area contributed by atoms with Crippen molar-refractivity contribution in [3.63, 3.8) is 0 Å². The van der Waals surface area contributed by atoms with Crippen LogP contribution < -0.4 is 0 Å². The molecule has 0 radical (unpaired) electrons. The van der Waals surface area contributed by atoms with Crippen molar-refractivity contribution < 1.29 is 58.2 Å². The van der Waals surface area contributed by atoms with Crippen LogP contribution in [-0.2, 0) is 42.9 Å². The summed E-state index contributed by atoms with van der Waals surface area (Å²) in [6.07, 6.45) is 65.6. The van der Waals surface area contributed by atoms with E-state index >= 15 is 0 Å². The first kappa shape index (κ1) is 73.9. The fourth-order valence-electron chi connectivity index (χ4n) is 8.48. The first-order valence-corrected chi connectivity index (χ1v) is 31.2. The molecule has 81 heavy (non-hydrogen) atoms. The number of esters is 3. The number of allylic oxidation sites excluding steroid dienone is 22. The molecule has 0 aromatic rings. The van der Waals surface area contributed by atoms with Crippen LogP contribution >= 0.6 is 0 Å². The summed E-state index contributed by atoms with van der Waals surface area (Å²) in [4.78, 5) is 51.2. The van der Waals surface area contributed by atoms with Crippen LogP contribution in [0.2, 0.25) is 0 Å². The van der Waals surface area contributed by atoms with Crippen molar-refractivity contribution in [3.05, 3.63) is 134 Å². The molecule has 0 aliphatic carbocycles. The third-order valence-electron chi connectivity index (χ3n) is 13.2. The molecule has 456 valence electrons. The zero-order valence-electron chi connectivity index (χ0n) is 50.2. The van der Waals surface area contributed by atoms with Crippen molar-refractivity contribution in [1.29, 1.82) is 0 Å². The number of aliphatic hydroxyl groups excluding tert-OH is 2. The lowest BCUT2D eigenvalue weighted by Gasteiger charge is -2.40. The number of carbonyl (C=O) groups excluding carboxylic acids is 3. The first-order valence-electron chi connectivity index (χ1n) is 31.2. The molecule has 1 heterocycles. The number of unbranched alkanes of at least 4 members (excludes halogenated alkanes) is 15. The zero-order chi connectivity index (χ0) is 58.9. The molecule has 0 aromatic heterocycles. The van der Waals surface area contributed by atoms with Gasteiger partial charge in [-0.1, -0.05) is 212 Å². The summed E-state index contributed by atoms with van der Waals surface area (Å²) in [6, 6.07) is 0. The van der Waals surface area contributed by atoms with Crippen molar-refractivity contribution in [2.24, 2.45) is 0 Å². The Morgan fingerprint density at radius 1 is 0.420 bits per heavy atom. The normalized spacial score (nSPS) is 18.7. The van der Waals surface area contributed by atoms with E-state index in [1.54, 1.807) is 0 Å². The highest BCUT2D eigenvalue weighted by Crippen LogP contribution is 2.26. The molecule has 6 atom stereocenters. The second kappa shape index (κ2) is 55.4. The lowest BCUT2D eigenvalue weighted by Crippen LogP contribution is -2.61. The van der Waals surface area contributed by atoms with Gasteiger partial charge in [-0.05, 0) is 128 Å². The summed E-state index contributed by atoms with van der Waals surface area (Å²) >= 11 is 0. The van der Waals surface area contributed by atoms with E-state index in [1.807, 2.05) is 12.2 Å². The molecular formula is C69H108O12. The van der Waals surface area contributed by atoms with Gasteiger partial charge in [-0.3, -0.25) is 14.4 Å². The molecule has 1 rings (SSSR count). The summed E-state index contributed by atoms with van der Waals surface area (Å²) in [5, 5.41) is 31.5. The number of ether oxygens (including phenoxy) is 5. The summed E-state index contributed by atoms with van der Waals surface area (Å²) in [6.45, 7) is 5.67. The van der Waals surface area contributed by atoms with Gasteiger partial charge in [0.15, 0.2) is 24.6 Å². The van der Waals surface area contributed by atoms with Crippen LogP contribution in [0.3, 0.4) is 0 Å². The molecule has 0 amide bonds. The van der Waals surface area contributed by atoms with E-state index in [9.17, 15) is 34.5 Å². The van der Waals surface area contributed by atoms with E-state index in [4.69, 9.17) is 23.7 Å². The number of rotatable bonds is 51. The van der Waals surface area contributed by atoms with Crippen LogP contribution in [0.1, 0.15) is 226 Å². The Morgan fingerprint density at radius 3 is 1.25 bits per heavy atom. The maximum atomic E-state index is 13.2. The van der Waals surface area contributed by atoms with Crippen molar-refractivity contribution in [2.45, 2.75) is 263 Å². The smallest absolute Gasteiger partial charge is 0.335 e. The van der Waals surface area contributed by atoms with Gasteiger partial charge in [0.05, 0.1) is 6.61 Å². The molecule has 3 N–H and O–H groups in total. The lowest BCUT2D eigenvalue weighted by atomic mass is 9.98. The Kier molecular flexibility index (Phi) is 50.5. The minimum Gasteiger partial charge on any atom is -0.479 e. The van der Waals surface area contributed by atoms with Crippen LogP contribution in [0, 0.1) is 0 Å². The molecule has 1 saturated heterocycles. The van der Waals surface area contributed by atoms with Crippen LogP contribution in [-0.4, -0.2) is 89.2 Å². The van der Waals surface area contributed by atoms with E-state index in [-0.39, 0.29) is 25.9 Å². The molecule has 1 aliphatic rings. The second-order valence-corrected chi connectivity index (χ2v) is 20.6. The average molecular weight is 1130 g/mol. The summed E-state index contributed by atoms with van der Waals surface area (Å²) < 4.78 is 28.4. The highest BCUT2D eigenvalue weighted by atomic mass is 16.7. The van der Waals surface area contributed by atoms with Crippen LogP contribution in [0.4, 0.5) is 0 Å². The Hall–Kier alpha value is -5.14. The third kappa shape index (κ3) is 45.1. The summed E-state index contributed by atoms with van der Waals surface area (Å²) in [5.74, 6) is -3.28. The Balaban J connectivity index is 2.73. The molecular weight excluding hydrogens is 1020 g/mol. The molecule has 0 saturated carbocycles. The number of carboxylic acids is 1. The number of carboxylic acid groups (broad SMARTS) is 1. The van der Waals surface area contributed by atoms with E-state index < -0.39 is 67.3 Å². The molecule has 1 fully saturated rings. The number of carbonyl (C=O) groups is 4. The molecule has 1 aliphatic heterocycles. The monoisotopic (exact) mass is 1130 g/mol. The number of hydrogen-bond donors (Lipinski definition) is 3. The van der Waals surface area contributed by atoms with Gasteiger partial charge in [0, 0.05) is 19.3 Å². The molecule has 0 bridgehead atoms. The quantitative estimate of drug-likeness (QED) is 0.0228. The van der Waals surface area contributed by atoms with Crippen molar-refractivity contribution in [2.75, 3.05) is 13.2 Å². The average Bonchev–Trinajstić information content (AvgIpc) is 3.53. The van der Waals surface area contributed by atoms with E-state index in [0.717, 1.165) is 103 Å². The van der Waals surface area contributed by atoms with Crippen molar-refractivity contribution in [3.8, 4) is 0 Å². The fourth-order valence-corrected chi connectivity index (χ4v) is 8.48. The Labute approximate surface area is 490 Å². The fraction of sp³-hybridized carbons (Fsp3) is 0.623. The number of aliphatic carboxylic acids is 1. The number of aliphatic hydroxyl groups is 2. The number of hydrogen-bond acceptors (Lipinski definition) is 11. The van der Waals surface area contributed by atoms with Gasteiger partial charge in [0.25, 0.3) is 0 Å². The first-order chi connectivity index (χ1) is 39.6. The predicted molar refractivity (Wildman–Crippen MR) is 330 cm³/mol. The van der Waals surface area contributed by atoms with Gasteiger partial charge in [-0.15, -0.1) is 0 Å². The van der Waals surface area contributed by atoms with Gasteiger partial charge in [-0.2, -0.15) is 0 Å². The van der Waals surface area contributed by atoms with E-state index in [2.05, 4.69) is 142 Å². The van der Waals surface area contributed by atoms with Crippen molar-refractivity contribution in [1.82, 2.24) is 0 Å². The largest absolute Gasteiger partial charge is 0.479 e. The predicted octanol–water partition coefficient (Wildman–Crippen LogP) is 16.6. The maximum Gasteiger partial charge on any atom is 0.335 e. The third-order valence-corrected chi connectivity index (χ3v) is 13.2. The van der Waals surface area contributed by atoms with Crippen LogP contribution in [0.5, 0.6) is 0 Å². The Bertz CT molecular complexity index is 1920. The van der Waals surface area contributed by atoms with Crippen molar-refractivity contribution >= 4 is 23.9 Å². The highest BCUT2D eigenvalue weighted by molar-refractivity contribution is 5.74. The summed E-state index contributed by atoms with van der Waals surface area (Å²) in [5.41, 5.74) is 0. The minimum absolute atomic E-state index is 0.0303. The molecule has 12 heteroatoms. The Morgan fingerprint density at radius 2 is 0.790 bits per heavy atom. The van der Waals surface area contributed by atoms with Crippen LogP contribution in [0.15, 0.2) is 134 Å². The van der Waals surface area contributed by atoms with Gasteiger partial charge in [0.2, 0.25) is 0 Å². The van der Waals surface area contributed by atoms with Gasteiger partial charge >= 0.3 is 23.9 Å². The standard InChI is InChI=1S/C69H108O12/c1-4-7-10-13-16-19-22-25-28-30-31-33-35-37-40-43-46-49-52-55-61(70)77-58-60(79-62(71)56-53-50-47-44-41-38-34-27-24-21-18-15-12-9-6-3)59-78-69-67(65(74)64(73)66(81-69)68(75)76)80-63(72)57-54-51-48-45-42-39-36-32-29-26-23-20-17-14-11-8-5-2/h8-9,11-12,16-21,25-29,34,36,39,41,44-45,48,60,64-67,69,73-74H,4-7,10,13-15,22-24,30-33,35,37-38,40,42-43,46-47,49-59H2,1-3H3,(H,75,76)/b11-8-,12-9-,19-16-,20-17-,21-18-,28-25-,29-26-,34-27-,39-36-,44-41-,48-45-. The van der Waals surface area contributed by atoms with Gasteiger partial charge in [0.1, 0.15) is 18.8 Å². The molecule has 6 unspecified atom stereocenters. The maximum absolute atomic E-state index is 13.2. The van der Waals surface area contributed by atoms with Crippen LogP contribution in [0.25, 0.3) is 0 Å². The lowest BCUT2D eigenvalue weighted by molar-refractivity contribution is -0.301. The zero-order valence-corrected chi connectivity index (χ0v) is 50.2. The van der Waals surface area contributed by atoms with Gasteiger partial charge < -0.3 is 39.0 Å². The summed E-state index contributed by atoms with van der Waals surface area (Å²) in [7, 11) is 0. The molecule has 0 aromatic carbocycles. The topological polar surface area (TPSA) is 175 Å². The van der Waals surface area contributed by atoms with Gasteiger partial charge in [-0.25, -0.2) is 4.79 Å². The molecule has 12 nitrogen and oxygen atoms in total. The highest BCUT2D eigenvalue weighted by Gasteiger charge is 2.50. The minimum atomic E-state index is -1.94. The second-order valence-electron chi connectivity index (χ2n) is 20.6. The van der Waals surface area contributed by atoms with E-state index in [1.165, 1.54) is 57.8 Å². The van der Waals surface area contributed by atoms with E-state index in [0.29, 0.717) is 25.7 Å². The SMILES string of the molecule is CC/C=C\C/C=C\C/C=C\C/C=C\C/C=C\CCCC(=O)OC1C(OCC(COC(=O)CCCCCCCCCCC/C=C\C/C=C\CCCCC)OC(=O)CCCC/C=C\C/C=C\C/C=C\C/C=C\CC)OC(C(=O)O)C(O)C1O.